The highest BCUT2D eigenvalue weighted by Gasteiger charge is 2.24. The number of likely N-dealkylation sites (tertiary alicyclic amines) is 1. The van der Waals surface area contributed by atoms with Crippen molar-refractivity contribution in [2.24, 2.45) is 0 Å². The molecule has 1 aromatic rings. The van der Waals surface area contributed by atoms with Crippen LogP contribution in [0.1, 0.15) is 25.5 Å². The zero-order chi connectivity index (χ0) is 14.5. The van der Waals surface area contributed by atoms with Crippen LogP contribution in [0.2, 0.25) is 0 Å². The van der Waals surface area contributed by atoms with Crippen LogP contribution >= 0.6 is 0 Å². The van der Waals surface area contributed by atoms with Crippen LogP contribution in [-0.2, 0) is 4.74 Å². The molecule has 2 rings (SSSR count). The molecule has 8 nitrogen and oxygen atoms in total. The van der Waals surface area contributed by atoms with Crippen molar-refractivity contribution in [2.45, 2.75) is 32.7 Å². The number of carbonyl (C=O) groups is 1. The van der Waals surface area contributed by atoms with Crippen molar-refractivity contribution in [1.29, 1.82) is 0 Å². The van der Waals surface area contributed by atoms with Crippen LogP contribution in [0.3, 0.4) is 0 Å². The SMILES string of the molecule is CCOC(=O)N1CCC(Nc2nc(=O)[nH]nc2C)CC1. The fourth-order valence-corrected chi connectivity index (χ4v) is 2.14. The van der Waals surface area contributed by atoms with Gasteiger partial charge in [-0.15, -0.1) is 0 Å². The third-order valence-corrected chi connectivity index (χ3v) is 3.24. The molecule has 1 aliphatic rings. The van der Waals surface area contributed by atoms with Crippen LogP contribution in [0.4, 0.5) is 10.6 Å². The number of anilines is 1. The molecule has 20 heavy (non-hydrogen) atoms. The molecule has 0 aliphatic carbocycles. The predicted octanol–water partition coefficient (Wildman–Crippen LogP) is 0.506. The minimum atomic E-state index is -0.470. The van der Waals surface area contributed by atoms with Gasteiger partial charge in [-0.1, -0.05) is 0 Å². The van der Waals surface area contributed by atoms with E-state index in [1.54, 1.807) is 18.7 Å². The van der Waals surface area contributed by atoms with E-state index in [0.717, 1.165) is 12.8 Å². The number of rotatable bonds is 3. The molecule has 0 spiro atoms. The second-order valence-corrected chi connectivity index (χ2v) is 4.68. The first-order chi connectivity index (χ1) is 9.60. The number of ether oxygens (including phenoxy) is 1. The maximum absolute atomic E-state index is 11.6. The number of hydrogen-bond donors (Lipinski definition) is 2. The Morgan fingerprint density at radius 2 is 2.20 bits per heavy atom. The second kappa shape index (κ2) is 6.36. The molecule has 1 amide bonds. The molecule has 0 bridgehead atoms. The van der Waals surface area contributed by atoms with E-state index in [9.17, 15) is 9.59 Å². The fraction of sp³-hybridized carbons (Fsp3) is 0.667. The number of carbonyl (C=O) groups excluding carboxylic acids is 1. The lowest BCUT2D eigenvalue weighted by molar-refractivity contribution is 0.0983. The zero-order valence-electron chi connectivity index (χ0n) is 11.7. The highest BCUT2D eigenvalue weighted by Crippen LogP contribution is 2.16. The van der Waals surface area contributed by atoms with Gasteiger partial charge in [0.1, 0.15) is 5.69 Å². The summed E-state index contributed by atoms with van der Waals surface area (Å²) in [6.45, 7) is 5.22. The minimum Gasteiger partial charge on any atom is -0.450 e. The molecule has 0 saturated carbocycles. The average Bonchev–Trinajstić information content (AvgIpc) is 2.44. The summed E-state index contributed by atoms with van der Waals surface area (Å²) in [4.78, 5) is 28.3. The molecule has 2 N–H and O–H groups in total. The Bertz CT molecular complexity index is 522. The molecule has 1 aromatic heterocycles. The van der Waals surface area contributed by atoms with Gasteiger partial charge in [0.15, 0.2) is 5.82 Å². The van der Waals surface area contributed by atoms with Crippen LogP contribution in [0, 0.1) is 6.92 Å². The molecule has 0 radical (unpaired) electrons. The number of amides is 1. The quantitative estimate of drug-likeness (QED) is 0.837. The summed E-state index contributed by atoms with van der Waals surface area (Å²) in [5, 5.41) is 9.36. The van der Waals surface area contributed by atoms with E-state index in [2.05, 4.69) is 20.5 Å². The van der Waals surface area contributed by atoms with E-state index in [4.69, 9.17) is 4.74 Å². The second-order valence-electron chi connectivity index (χ2n) is 4.68. The number of aromatic amines is 1. The third-order valence-electron chi connectivity index (χ3n) is 3.24. The van der Waals surface area contributed by atoms with E-state index >= 15 is 0 Å². The number of nitrogens with one attached hydrogen (secondary N) is 2. The minimum absolute atomic E-state index is 0.176. The number of nitrogens with zero attached hydrogens (tertiary/aromatic N) is 3. The Morgan fingerprint density at radius 1 is 1.50 bits per heavy atom. The van der Waals surface area contributed by atoms with Crippen LogP contribution in [0.5, 0.6) is 0 Å². The van der Waals surface area contributed by atoms with Crippen molar-refractivity contribution in [3.05, 3.63) is 16.2 Å². The fourth-order valence-electron chi connectivity index (χ4n) is 2.14. The molecule has 0 atom stereocenters. The number of aromatic nitrogens is 3. The molecule has 2 heterocycles. The van der Waals surface area contributed by atoms with Crippen LogP contribution in [0.25, 0.3) is 0 Å². The molecule has 1 saturated heterocycles. The van der Waals surface area contributed by atoms with Crippen LogP contribution in [-0.4, -0.2) is 51.9 Å². The summed E-state index contributed by atoms with van der Waals surface area (Å²) in [6, 6.07) is 0.176. The number of H-pyrrole nitrogens is 1. The molecule has 1 aliphatic heterocycles. The van der Waals surface area contributed by atoms with Crippen molar-refractivity contribution >= 4 is 11.9 Å². The number of piperidine rings is 1. The van der Waals surface area contributed by atoms with Crippen molar-refractivity contribution in [3.63, 3.8) is 0 Å². The molecule has 110 valence electrons. The molecule has 0 aromatic carbocycles. The third kappa shape index (κ3) is 3.46. The van der Waals surface area contributed by atoms with Gasteiger partial charge >= 0.3 is 11.8 Å². The largest absolute Gasteiger partial charge is 0.450 e. The summed E-state index contributed by atoms with van der Waals surface area (Å²) >= 11 is 0. The van der Waals surface area contributed by atoms with Crippen molar-refractivity contribution in [1.82, 2.24) is 20.1 Å². The normalized spacial score (nSPS) is 16.0. The molecule has 8 heteroatoms. The Balaban J connectivity index is 1.90. The summed E-state index contributed by atoms with van der Waals surface area (Å²) in [5.41, 5.74) is 0.180. The van der Waals surface area contributed by atoms with Crippen LogP contribution in [0.15, 0.2) is 4.79 Å². The average molecular weight is 281 g/mol. The lowest BCUT2D eigenvalue weighted by Gasteiger charge is -2.31. The highest BCUT2D eigenvalue weighted by molar-refractivity contribution is 5.67. The Labute approximate surface area is 116 Å². The maximum Gasteiger partial charge on any atom is 0.409 e. The van der Waals surface area contributed by atoms with E-state index in [-0.39, 0.29) is 12.1 Å². The first-order valence-electron chi connectivity index (χ1n) is 6.71. The summed E-state index contributed by atoms with van der Waals surface area (Å²) in [7, 11) is 0. The van der Waals surface area contributed by atoms with Crippen molar-refractivity contribution in [3.8, 4) is 0 Å². The first kappa shape index (κ1) is 14.3. The van der Waals surface area contributed by atoms with Crippen molar-refractivity contribution in [2.75, 3.05) is 25.0 Å². The number of hydrogen-bond acceptors (Lipinski definition) is 6. The van der Waals surface area contributed by atoms with Crippen LogP contribution < -0.4 is 11.0 Å². The lowest BCUT2D eigenvalue weighted by atomic mass is 10.1. The van der Waals surface area contributed by atoms with Gasteiger partial charge in [-0.05, 0) is 26.7 Å². The summed E-state index contributed by atoms with van der Waals surface area (Å²) in [6.07, 6.45) is 1.30. The first-order valence-corrected chi connectivity index (χ1v) is 6.71. The standard InChI is InChI=1S/C12H19N5O3/c1-3-20-12(19)17-6-4-9(5-7-17)13-10-8(2)15-16-11(18)14-10/h9H,3-7H2,1-2H3,(H2,13,14,16,18). The van der Waals surface area contributed by atoms with E-state index in [1.807, 2.05) is 0 Å². The van der Waals surface area contributed by atoms with Gasteiger partial charge in [0.05, 0.1) is 6.61 Å². The predicted molar refractivity (Wildman–Crippen MR) is 72.6 cm³/mol. The smallest absolute Gasteiger partial charge is 0.409 e. The van der Waals surface area contributed by atoms with Gasteiger partial charge in [0.25, 0.3) is 0 Å². The Morgan fingerprint density at radius 3 is 2.85 bits per heavy atom. The van der Waals surface area contributed by atoms with E-state index in [1.165, 1.54) is 0 Å². The monoisotopic (exact) mass is 281 g/mol. The number of aryl methyl sites for hydroxylation is 1. The molecular weight excluding hydrogens is 262 g/mol. The molecular formula is C12H19N5O3. The Kier molecular flexibility index (Phi) is 4.54. The van der Waals surface area contributed by atoms with E-state index in [0.29, 0.717) is 31.2 Å². The highest BCUT2D eigenvalue weighted by atomic mass is 16.6. The van der Waals surface area contributed by atoms with Gasteiger partial charge < -0.3 is 15.0 Å². The van der Waals surface area contributed by atoms with Gasteiger partial charge in [-0.25, -0.2) is 14.7 Å². The summed E-state index contributed by atoms with van der Waals surface area (Å²) < 4.78 is 4.97. The molecule has 0 unspecified atom stereocenters. The van der Waals surface area contributed by atoms with Gasteiger partial charge in [-0.3, -0.25) is 0 Å². The van der Waals surface area contributed by atoms with Gasteiger partial charge in [-0.2, -0.15) is 10.1 Å². The maximum atomic E-state index is 11.6. The molecule has 1 fully saturated rings. The Hall–Kier alpha value is -2.12. The van der Waals surface area contributed by atoms with Gasteiger partial charge in [0, 0.05) is 19.1 Å². The van der Waals surface area contributed by atoms with E-state index < -0.39 is 5.69 Å². The zero-order valence-corrected chi connectivity index (χ0v) is 11.7. The lowest BCUT2D eigenvalue weighted by Crippen LogP contribution is -2.43. The van der Waals surface area contributed by atoms with Gasteiger partial charge in [0.2, 0.25) is 0 Å². The summed E-state index contributed by atoms with van der Waals surface area (Å²) in [5.74, 6) is 0.503. The topological polar surface area (TPSA) is 100 Å². The van der Waals surface area contributed by atoms with Crippen molar-refractivity contribution < 1.29 is 9.53 Å².